The van der Waals surface area contributed by atoms with Gasteiger partial charge in [-0.2, -0.15) is 0 Å². The monoisotopic (exact) mass is 378 g/mol. The van der Waals surface area contributed by atoms with Crippen molar-refractivity contribution in [2.45, 2.75) is 26.3 Å². The van der Waals surface area contributed by atoms with Gasteiger partial charge < -0.3 is 5.32 Å². The van der Waals surface area contributed by atoms with Gasteiger partial charge in [0.25, 0.3) is 0 Å². The van der Waals surface area contributed by atoms with Crippen LogP contribution in [0.1, 0.15) is 24.5 Å². The van der Waals surface area contributed by atoms with E-state index in [0.29, 0.717) is 12.1 Å². The second-order valence-electron chi connectivity index (χ2n) is 5.97. The van der Waals surface area contributed by atoms with Gasteiger partial charge in [-0.25, -0.2) is 12.8 Å². The van der Waals surface area contributed by atoms with Crippen LogP contribution in [0.25, 0.3) is 0 Å². The fourth-order valence-electron chi connectivity index (χ4n) is 2.61. The van der Waals surface area contributed by atoms with E-state index in [1.807, 2.05) is 19.1 Å². The fourth-order valence-corrected chi connectivity index (χ4v) is 3.57. The van der Waals surface area contributed by atoms with Crippen LogP contribution in [0.3, 0.4) is 0 Å². The predicted molar refractivity (Wildman–Crippen MR) is 101 cm³/mol. The van der Waals surface area contributed by atoms with Crippen LogP contribution < -0.4 is 9.62 Å². The SMILES string of the molecule is CCc1ccccc1N(CCC(=O)NCc1ccc(F)cc1)S(C)(=O)=O. The fraction of sp³-hybridized carbons (Fsp3) is 0.316. The number of aryl methyl sites for hydroxylation is 1. The Morgan fingerprint density at radius 3 is 2.38 bits per heavy atom. The van der Waals surface area contributed by atoms with Crippen LogP contribution >= 0.6 is 0 Å². The Bertz CT molecular complexity index is 851. The maximum Gasteiger partial charge on any atom is 0.232 e. The normalized spacial score (nSPS) is 11.2. The molecule has 0 aliphatic heterocycles. The number of benzene rings is 2. The standard InChI is InChI=1S/C19H23FN2O3S/c1-3-16-6-4-5-7-18(16)22(26(2,24)25)13-12-19(23)21-14-15-8-10-17(20)11-9-15/h4-11H,3,12-14H2,1-2H3,(H,21,23). The van der Waals surface area contributed by atoms with E-state index < -0.39 is 10.0 Å². The first-order valence-corrected chi connectivity index (χ1v) is 10.2. The minimum Gasteiger partial charge on any atom is -0.352 e. The minimum absolute atomic E-state index is 0.0340. The number of anilines is 1. The first-order chi connectivity index (χ1) is 12.3. The topological polar surface area (TPSA) is 66.5 Å². The zero-order valence-electron chi connectivity index (χ0n) is 14.9. The number of carbonyl (C=O) groups is 1. The van der Waals surface area contributed by atoms with Crippen molar-refractivity contribution in [1.82, 2.24) is 5.32 Å². The number of halogens is 1. The van der Waals surface area contributed by atoms with Gasteiger partial charge in [0, 0.05) is 19.5 Å². The molecular weight excluding hydrogens is 355 g/mol. The Kier molecular flexibility index (Phi) is 6.74. The van der Waals surface area contributed by atoms with E-state index in [4.69, 9.17) is 0 Å². The van der Waals surface area contributed by atoms with Crippen molar-refractivity contribution in [3.05, 3.63) is 65.5 Å². The summed E-state index contributed by atoms with van der Waals surface area (Å²) in [6.07, 6.45) is 1.86. The summed E-state index contributed by atoms with van der Waals surface area (Å²) >= 11 is 0. The van der Waals surface area contributed by atoms with Gasteiger partial charge in [0.2, 0.25) is 15.9 Å². The summed E-state index contributed by atoms with van der Waals surface area (Å²) in [6, 6.07) is 13.1. The molecular formula is C19H23FN2O3S. The smallest absolute Gasteiger partial charge is 0.232 e. The van der Waals surface area contributed by atoms with Crippen molar-refractivity contribution < 1.29 is 17.6 Å². The molecule has 0 aliphatic rings. The third kappa shape index (κ3) is 5.56. The van der Waals surface area contributed by atoms with Crippen molar-refractivity contribution in [2.24, 2.45) is 0 Å². The molecule has 2 aromatic carbocycles. The molecule has 26 heavy (non-hydrogen) atoms. The summed E-state index contributed by atoms with van der Waals surface area (Å²) in [4.78, 5) is 12.1. The van der Waals surface area contributed by atoms with E-state index in [0.717, 1.165) is 17.4 Å². The molecule has 5 nitrogen and oxygen atoms in total. The summed E-state index contributed by atoms with van der Waals surface area (Å²) in [6.45, 7) is 2.28. The molecule has 0 aliphatic carbocycles. The first kappa shape index (κ1) is 19.9. The van der Waals surface area contributed by atoms with Gasteiger partial charge in [0.15, 0.2) is 0 Å². The minimum atomic E-state index is -3.51. The van der Waals surface area contributed by atoms with Crippen molar-refractivity contribution in [3.8, 4) is 0 Å². The predicted octanol–water partition coefficient (Wildman–Crippen LogP) is 2.86. The molecule has 0 heterocycles. The summed E-state index contributed by atoms with van der Waals surface area (Å²) in [7, 11) is -3.51. The number of para-hydroxylation sites is 1. The summed E-state index contributed by atoms with van der Waals surface area (Å²) in [5.41, 5.74) is 2.28. The lowest BCUT2D eigenvalue weighted by atomic mass is 10.1. The van der Waals surface area contributed by atoms with E-state index in [1.165, 1.54) is 16.4 Å². The van der Waals surface area contributed by atoms with E-state index in [2.05, 4.69) is 5.32 Å². The molecule has 2 aromatic rings. The largest absolute Gasteiger partial charge is 0.352 e. The maximum absolute atomic E-state index is 12.9. The molecule has 0 radical (unpaired) electrons. The molecule has 0 saturated heterocycles. The highest BCUT2D eigenvalue weighted by Crippen LogP contribution is 2.23. The van der Waals surface area contributed by atoms with E-state index >= 15 is 0 Å². The molecule has 0 unspecified atom stereocenters. The second kappa shape index (κ2) is 8.80. The number of rotatable bonds is 8. The number of hydrogen-bond acceptors (Lipinski definition) is 3. The number of carbonyl (C=O) groups excluding carboxylic acids is 1. The lowest BCUT2D eigenvalue weighted by molar-refractivity contribution is -0.121. The first-order valence-electron chi connectivity index (χ1n) is 8.38. The summed E-state index contributed by atoms with van der Waals surface area (Å²) in [5, 5.41) is 2.72. The highest BCUT2D eigenvalue weighted by atomic mass is 32.2. The molecule has 2 rings (SSSR count). The van der Waals surface area contributed by atoms with Crippen molar-refractivity contribution in [1.29, 1.82) is 0 Å². The quantitative estimate of drug-likeness (QED) is 0.768. The molecule has 140 valence electrons. The van der Waals surface area contributed by atoms with Gasteiger partial charge in [-0.3, -0.25) is 9.10 Å². The highest BCUT2D eigenvalue weighted by molar-refractivity contribution is 7.92. The second-order valence-corrected chi connectivity index (χ2v) is 7.88. The molecule has 1 N–H and O–H groups in total. The van der Waals surface area contributed by atoms with Gasteiger partial charge in [-0.1, -0.05) is 37.3 Å². The summed E-state index contributed by atoms with van der Waals surface area (Å²) in [5.74, 6) is -0.601. The molecule has 7 heteroatoms. The van der Waals surface area contributed by atoms with Crippen molar-refractivity contribution in [2.75, 3.05) is 17.1 Å². The molecule has 0 spiro atoms. The molecule has 1 amide bonds. The number of nitrogens with zero attached hydrogens (tertiary/aromatic N) is 1. The number of sulfonamides is 1. The highest BCUT2D eigenvalue weighted by Gasteiger charge is 2.20. The van der Waals surface area contributed by atoms with E-state index in [1.54, 1.807) is 24.3 Å². The average molecular weight is 378 g/mol. The Morgan fingerprint density at radius 2 is 1.77 bits per heavy atom. The van der Waals surface area contributed by atoms with Crippen LogP contribution in [-0.2, 0) is 27.8 Å². The van der Waals surface area contributed by atoms with Crippen molar-refractivity contribution >= 4 is 21.6 Å². The van der Waals surface area contributed by atoms with E-state index in [-0.39, 0.29) is 31.2 Å². The lowest BCUT2D eigenvalue weighted by Gasteiger charge is -2.24. The Morgan fingerprint density at radius 1 is 1.12 bits per heavy atom. The van der Waals surface area contributed by atoms with Gasteiger partial charge >= 0.3 is 0 Å². The Hall–Kier alpha value is -2.41. The van der Waals surface area contributed by atoms with Gasteiger partial charge in [0.05, 0.1) is 11.9 Å². The van der Waals surface area contributed by atoms with Gasteiger partial charge in [0.1, 0.15) is 5.82 Å². The average Bonchev–Trinajstić information content (AvgIpc) is 2.60. The molecule has 0 saturated carbocycles. The summed E-state index contributed by atoms with van der Waals surface area (Å²) < 4.78 is 38.5. The van der Waals surface area contributed by atoms with Crippen LogP contribution in [-0.4, -0.2) is 27.1 Å². The number of hydrogen-bond donors (Lipinski definition) is 1. The Labute approximate surface area is 153 Å². The number of nitrogens with one attached hydrogen (secondary N) is 1. The van der Waals surface area contributed by atoms with Crippen LogP contribution in [0.15, 0.2) is 48.5 Å². The van der Waals surface area contributed by atoms with Crippen molar-refractivity contribution in [3.63, 3.8) is 0 Å². The molecule has 0 atom stereocenters. The van der Waals surface area contributed by atoms with E-state index in [9.17, 15) is 17.6 Å². The third-order valence-electron chi connectivity index (χ3n) is 3.99. The van der Waals surface area contributed by atoms with Gasteiger partial charge in [-0.15, -0.1) is 0 Å². The maximum atomic E-state index is 12.9. The lowest BCUT2D eigenvalue weighted by Crippen LogP contribution is -2.35. The van der Waals surface area contributed by atoms with Crippen LogP contribution in [0.5, 0.6) is 0 Å². The van der Waals surface area contributed by atoms with Crippen LogP contribution in [0.4, 0.5) is 10.1 Å². The van der Waals surface area contributed by atoms with Gasteiger partial charge in [-0.05, 0) is 35.7 Å². The zero-order valence-corrected chi connectivity index (χ0v) is 15.7. The third-order valence-corrected chi connectivity index (χ3v) is 5.17. The number of amides is 1. The van der Waals surface area contributed by atoms with Crippen LogP contribution in [0, 0.1) is 5.82 Å². The zero-order chi connectivity index (χ0) is 19.2. The van der Waals surface area contributed by atoms with Crippen LogP contribution in [0.2, 0.25) is 0 Å². The molecule has 0 fully saturated rings. The Balaban J connectivity index is 2.01. The molecule has 0 aromatic heterocycles. The molecule has 0 bridgehead atoms.